The molecule has 0 aromatic heterocycles. The number of carbonyl (C=O) groups excluding carboxylic acids is 3. The van der Waals surface area contributed by atoms with Crippen molar-refractivity contribution in [3.63, 3.8) is 0 Å². The summed E-state index contributed by atoms with van der Waals surface area (Å²) < 4.78 is 5.16. The van der Waals surface area contributed by atoms with Gasteiger partial charge in [-0.1, -0.05) is 24.3 Å². The topological polar surface area (TPSA) is 126 Å². The van der Waals surface area contributed by atoms with Crippen LogP contribution in [0.1, 0.15) is 38.8 Å². The van der Waals surface area contributed by atoms with Crippen LogP contribution in [-0.4, -0.2) is 40.8 Å². The van der Waals surface area contributed by atoms with E-state index in [0.717, 1.165) is 4.90 Å². The van der Waals surface area contributed by atoms with Crippen molar-refractivity contribution in [3.05, 3.63) is 35.4 Å². The number of nitrogens with zero attached hydrogens (tertiary/aromatic N) is 1. The van der Waals surface area contributed by atoms with Crippen LogP contribution in [0, 0.1) is 5.41 Å². The highest BCUT2D eigenvalue weighted by Gasteiger charge is 2.49. The highest BCUT2D eigenvalue weighted by Crippen LogP contribution is 2.29. The van der Waals surface area contributed by atoms with Crippen molar-refractivity contribution in [2.75, 3.05) is 6.54 Å². The van der Waals surface area contributed by atoms with E-state index in [-0.39, 0.29) is 5.84 Å². The fourth-order valence-electron chi connectivity index (χ4n) is 2.52. The van der Waals surface area contributed by atoms with Crippen LogP contribution in [0.25, 0.3) is 0 Å². The molecule has 0 aliphatic carbocycles. The van der Waals surface area contributed by atoms with Gasteiger partial charge in [0.1, 0.15) is 23.5 Å². The Morgan fingerprint density at radius 3 is 2.32 bits per heavy atom. The number of esters is 1. The number of ether oxygens (including phenoxy) is 1. The molecule has 8 nitrogen and oxygen atoms in total. The van der Waals surface area contributed by atoms with Gasteiger partial charge in [-0.25, -0.2) is 4.79 Å². The van der Waals surface area contributed by atoms with E-state index in [1.807, 2.05) is 0 Å². The first kappa shape index (κ1) is 18.4. The van der Waals surface area contributed by atoms with Gasteiger partial charge in [0.15, 0.2) is 0 Å². The van der Waals surface area contributed by atoms with Crippen LogP contribution in [0.5, 0.6) is 0 Å². The molecule has 0 saturated carbocycles. The zero-order chi connectivity index (χ0) is 19.0. The molecule has 2 rings (SSSR count). The third kappa shape index (κ3) is 3.78. The highest BCUT2D eigenvalue weighted by molar-refractivity contribution is 6.09. The molecule has 1 aromatic carbocycles. The number of carbonyl (C=O) groups is 3. The van der Waals surface area contributed by atoms with E-state index in [1.54, 1.807) is 52.0 Å². The van der Waals surface area contributed by atoms with Crippen molar-refractivity contribution in [1.82, 2.24) is 10.2 Å². The third-order valence-electron chi connectivity index (χ3n) is 3.76. The molecule has 134 valence electrons. The third-order valence-corrected chi connectivity index (χ3v) is 3.76. The number of benzene rings is 1. The van der Waals surface area contributed by atoms with Crippen LogP contribution in [0.2, 0.25) is 0 Å². The molecule has 1 aliphatic rings. The monoisotopic (exact) mass is 346 g/mol. The predicted octanol–water partition coefficient (Wildman–Crippen LogP) is 1.08. The number of amidine groups is 1. The number of amides is 3. The number of rotatable bonds is 4. The second-order valence-corrected chi connectivity index (χ2v) is 7.02. The molecule has 1 saturated heterocycles. The smallest absolute Gasteiger partial charge is 0.326 e. The molecule has 3 amide bonds. The molecular weight excluding hydrogens is 324 g/mol. The summed E-state index contributed by atoms with van der Waals surface area (Å²) in [6, 6.07) is 5.77. The highest BCUT2D eigenvalue weighted by atomic mass is 16.6. The van der Waals surface area contributed by atoms with Gasteiger partial charge >= 0.3 is 12.0 Å². The number of hydrogen-bond acceptors (Lipinski definition) is 5. The average Bonchev–Trinajstić information content (AvgIpc) is 2.70. The van der Waals surface area contributed by atoms with Gasteiger partial charge in [0.25, 0.3) is 5.91 Å². The van der Waals surface area contributed by atoms with E-state index in [0.29, 0.717) is 11.1 Å². The minimum absolute atomic E-state index is 0.0926. The summed E-state index contributed by atoms with van der Waals surface area (Å²) in [6.45, 7) is 6.22. The fraction of sp³-hybridized carbons (Fsp3) is 0.412. The summed E-state index contributed by atoms with van der Waals surface area (Å²) in [7, 11) is 0. The van der Waals surface area contributed by atoms with Gasteiger partial charge in [-0.15, -0.1) is 0 Å². The lowest BCUT2D eigenvalue weighted by molar-refractivity contribution is -0.157. The van der Waals surface area contributed by atoms with Gasteiger partial charge in [-0.3, -0.25) is 19.9 Å². The minimum Gasteiger partial charge on any atom is -0.459 e. The normalized spacial score (nSPS) is 20.4. The van der Waals surface area contributed by atoms with Crippen LogP contribution < -0.4 is 11.1 Å². The summed E-state index contributed by atoms with van der Waals surface area (Å²) >= 11 is 0. The van der Waals surface area contributed by atoms with Crippen molar-refractivity contribution in [1.29, 1.82) is 5.41 Å². The van der Waals surface area contributed by atoms with Crippen molar-refractivity contribution in [2.24, 2.45) is 5.73 Å². The molecule has 4 N–H and O–H groups in total. The largest absolute Gasteiger partial charge is 0.459 e. The zero-order valence-electron chi connectivity index (χ0n) is 14.7. The van der Waals surface area contributed by atoms with Gasteiger partial charge in [0.2, 0.25) is 0 Å². The van der Waals surface area contributed by atoms with E-state index in [9.17, 15) is 14.4 Å². The van der Waals surface area contributed by atoms with E-state index >= 15 is 0 Å². The first-order valence-corrected chi connectivity index (χ1v) is 7.75. The van der Waals surface area contributed by atoms with Crippen LogP contribution in [0.3, 0.4) is 0 Å². The molecule has 8 heteroatoms. The summed E-state index contributed by atoms with van der Waals surface area (Å²) in [5, 5.41) is 10.0. The molecular formula is C17H22N4O4. The Hall–Kier alpha value is -2.90. The van der Waals surface area contributed by atoms with Crippen LogP contribution in [0.4, 0.5) is 4.79 Å². The van der Waals surface area contributed by atoms with Crippen molar-refractivity contribution in [2.45, 2.75) is 38.8 Å². The van der Waals surface area contributed by atoms with Crippen LogP contribution in [0.15, 0.2) is 24.3 Å². The molecule has 0 radical (unpaired) electrons. The molecule has 1 fully saturated rings. The van der Waals surface area contributed by atoms with Crippen LogP contribution >= 0.6 is 0 Å². The van der Waals surface area contributed by atoms with Crippen molar-refractivity contribution < 1.29 is 19.1 Å². The summed E-state index contributed by atoms with van der Waals surface area (Å²) in [4.78, 5) is 37.7. The Labute approximate surface area is 145 Å². The van der Waals surface area contributed by atoms with Gasteiger partial charge in [0, 0.05) is 5.56 Å². The molecule has 1 aliphatic heterocycles. The molecule has 25 heavy (non-hydrogen) atoms. The second kappa shape index (κ2) is 6.19. The van der Waals surface area contributed by atoms with E-state index in [2.05, 4.69) is 5.32 Å². The fourth-order valence-corrected chi connectivity index (χ4v) is 2.52. The lowest BCUT2D eigenvalue weighted by Crippen LogP contribution is -2.42. The molecule has 0 unspecified atom stereocenters. The van der Waals surface area contributed by atoms with Gasteiger partial charge in [0.05, 0.1) is 0 Å². The quantitative estimate of drug-likeness (QED) is 0.325. The van der Waals surface area contributed by atoms with Gasteiger partial charge < -0.3 is 15.8 Å². The van der Waals surface area contributed by atoms with Gasteiger partial charge in [-0.2, -0.15) is 0 Å². The maximum Gasteiger partial charge on any atom is 0.326 e. The lowest BCUT2D eigenvalue weighted by Gasteiger charge is -2.23. The predicted molar refractivity (Wildman–Crippen MR) is 90.9 cm³/mol. The summed E-state index contributed by atoms with van der Waals surface area (Å²) in [5.41, 5.74) is 4.45. The number of nitrogens with one attached hydrogen (secondary N) is 2. The van der Waals surface area contributed by atoms with Crippen LogP contribution in [-0.2, 0) is 19.9 Å². The maximum atomic E-state index is 12.7. The number of urea groups is 1. The SMILES string of the molecule is CC(C)(C)OC(=O)CN1C(=O)N[C@@](C)(c2ccc(C(=N)N)cc2)C1=O. The van der Waals surface area contributed by atoms with E-state index < -0.39 is 35.6 Å². The van der Waals surface area contributed by atoms with Crippen molar-refractivity contribution >= 4 is 23.7 Å². The first-order valence-electron chi connectivity index (χ1n) is 7.75. The maximum absolute atomic E-state index is 12.7. The molecule has 1 heterocycles. The number of imide groups is 1. The molecule has 0 bridgehead atoms. The average molecular weight is 346 g/mol. The summed E-state index contributed by atoms with van der Waals surface area (Å²) in [5.74, 6) is -1.30. The number of nitrogen functional groups attached to an aromatic ring is 1. The molecule has 1 aromatic rings. The number of hydrogen-bond donors (Lipinski definition) is 3. The first-order chi connectivity index (χ1) is 11.4. The van der Waals surface area contributed by atoms with E-state index in [1.165, 1.54) is 0 Å². The Bertz CT molecular complexity index is 736. The Kier molecular flexibility index (Phi) is 4.57. The van der Waals surface area contributed by atoms with Crippen molar-refractivity contribution in [3.8, 4) is 0 Å². The minimum atomic E-state index is -1.30. The van der Waals surface area contributed by atoms with Gasteiger partial charge in [-0.05, 0) is 33.3 Å². The number of nitrogens with two attached hydrogens (primary N) is 1. The Balaban J connectivity index is 2.21. The molecule has 1 atom stereocenters. The lowest BCUT2D eigenvalue weighted by atomic mass is 9.91. The Morgan fingerprint density at radius 2 is 1.84 bits per heavy atom. The Morgan fingerprint density at radius 1 is 1.28 bits per heavy atom. The standard InChI is InChI=1S/C17H22N4O4/c1-16(2,3)25-12(22)9-21-14(23)17(4,20-15(21)24)11-7-5-10(6-8-11)13(18)19/h5-8H,9H2,1-4H3,(H3,18,19)(H,20,24)/t17-/m0/s1. The van der Waals surface area contributed by atoms with E-state index in [4.69, 9.17) is 15.9 Å². The summed E-state index contributed by atoms with van der Waals surface area (Å²) in [6.07, 6.45) is 0. The zero-order valence-corrected chi connectivity index (χ0v) is 14.7. The second-order valence-electron chi connectivity index (χ2n) is 7.02. The molecule has 0 spiro atoms.